The summed E-state index contributed by atoms with van der Waals surface area (Å²) in [6, 6.07) is 7.49. The maximum Gasteiger partial charge on any atom is 0.238 e. The summed E-state index contributed by atoms with van der Waals surface area (Å²) in [7, 11) is -3.53. The number of rotatable bonds is 5. The molecule has 2 rings (SSSR count). The Labute approximate surface area is 146 Å². The van der Waals surface area contributed by atoms with Crippen LogP contribution in [0, 0.1) is 18.8 Å². The first kappa shape index (κ1) is 19.0. The second kappa shape index (κ2) is 7.68. The molecule has 1 aliphatic carbocycles. The summed E-state index contributed by atoms with van der Waals surface area (Å²) in [5, 5.41) is 1.96. The first-order valence-corrected chi connectivity index (χ1v) is 10.5. The summed E-state index contributed by atoms with van der Waals surface area (Å²) in [6.45, 7) is 7.73. The summed E-state index contributed by atoms with van der Waals surface area (Å²) in [6.07, 6.45) is 3.19. The molecule has 0 spiro atoms. The van der Waals surface area contributed by atoms with Crippen LogP contribution in [0.2, 0.25) is 0 Å². The van der Waals surface area contributed by atoms with Gasteiger partial charge in [-0.1, -0.05) is 51.0 Å². The van der Waals surface area contributed by atoms with E-state index in [9.17, 15) is 13.2 Å². The van der Waals surface area contributed by atoms with Crippen LogP contribution in [0.4, 0.5) is 0 Å². The highest BCUT2D eigenvalue weighted by molar-refractivity contribution is 7.92. The second-order valence-corrected chi connectivity index (χ2v) is 9.58. The zero-order chi connectivity index (χ0) is 17.9. The minimum Gasteiger partial charge on any atom is -0.352 e. The average molecular weight is 352 g/mol. The first-order chi connectivity index (χ1) is 11.2. The highest BCUT2D eigenvalue weighted by Gasteiger charge is 2.33. The lowest BCUT2D eigenvalue weighted by Gasteiger charge is -2.35. The van der Waals surface area contributed by atoms with Gasteiger partial charge >= 0.3 is 0 Å². The molecule has 5 heteroatoms. The molecule has 0 saturated heterocycles. The number of amides is 1. The van der Waals surface area contributed by atoms with E-state index in [-0.39, 0.29) is 17.7 Å². The van der Waals surface area contributed by atoms with Gasteiger partial charge in [0.15, 0.2) is 9.84 Å². The summed E-state index contributed by atoms with van der Waals surface area (Å²) < 4.78 is 25.2. The summed E-state index contributed by atoms with van der Waals surface area (Å²) in [5.74, 6) is 0.483. The predicted molar refractivity (Wildman–Crippen MR) is 97.4 cm³/mol. The Balaban J connectivity index is 2.05. The van der Waals surface area contributed by atoms with Gasteiger partial charge in [0.25, 0.3) is 0 Å². The molecule has 4 nitrogen and oxygen atoms in total. The molecule has 4 atom stereocenters. The Morgan fingerprint density at radius 1 is 1.25 bits per heavy atom. The van der Waals surface area contributed by atoms with E-state index in [1.165, 1.54) is 13.3 Å². The van der Waals surface area contributed by atoms with E-state index in [0.717, 1.165) is 24.0 Å². The highest BCUT2D eigenvalue weighted by atomic mass is 32.2. The van der Waals surface area contributed by atoms with E-state index in [4.69, 9.17) is 0 Å². The molecular formula is C19H29NO3S. The van der Waals surface area contributed by atoms with E-state index < -0.39 is 15.1 Å². The molecule has 0 heterocycles. The molecule has 0 aliphatic heterocycles. The Hall–Kier alpha value is -1.36. The van der Waals surface area contributed by atoms with E-state index >= 15 is 0 Å². The third kappa shape index (κ3) is 4.38. The standard InChI is InChI=1S/C19H29NO3S/c1-13-9-7-11-18(15(13)3)20-19(21)16(4)24(22,23)12-17-10-6-5-8-14(17)2/h5-6,8,10,13,15-16,18H,7,9,11-12H2,1-4H3,(H,20,21)/t13-,15-,16+,18+/m0/s1. The molecule has 0 aromatic heterocycles. The third-order valence-corrected chi connectivity index (χ3v) is 7.57. The van der Waals surface area contributed by atoms with Crippen molar-refractivity contribution in [3.05, 3.63) is 35.4 Å². The average Bonchev–Trinajstić information content (AvgIpc) is 2.53. The summed E-state index contributed by atoms with van der Waals surface area (Å²) in [4.78, 5) is 12.5. The van der Waals surface area contributed by atoms with Crippen molar-refractivity contribution < 1.29 is 13.2 Å². The fourth-order valence-corrected chi connectivity index (χ4v) is 4.76. The fraction of sp³-hybridized carbons (Fsp3) is 0.632. The van der Waals surface area contributed by atoms with E-state index in [1.807, 2.05) is 31.2 Å². The number of carbonyl (C=O) groups excluding carboxylic acids is 1. The SMILES string of the molecule is Cc1ccccc1CS(=O)(=O)[C@H](C)C(=O)N[C@@H]1CCC[C@H](C)[C@@H]1C. The van der Waals surface area contributed by atoms with Crippen molar-refractivity contribution in [1.82, 2.24) is 5.32 Å². The van der Waals surface area contributed by atoms with Crippen molar-refractivity contribution in [3.63, 3.8) is 0 Å². The molecule has 0 bridgehead atoms. The first-order valence-electron chi connectivity index (χ1n) is 8.79. The second-order valence-electron chi connectivity index (χ2n) is 7.26. The van der Waals surface area contributed by atoms with E-state index in [1.54, 1.807) is 0 Å². The molecule has 24 heavy (non-hydrogen) atoms. The summed E-state index contributed by atoms with van der Waals surface area (Å²) in [5.41, 5.74) is 1.69. The van der Waals surface area contributed by atoms with Crippen molar-refractivity contribution >= 4 is 15.7 Å². The number of benzene rings is 1. The van der Waals surface area contributed by atoms with Crippen molar-refractivity contribution in [3.8, 4) is 0 Å². The zero-order valence-electron chi connectivity index (χ0n) is 15.1. The molecular weight excluding hydrogens is 322 g/mol. The number of nitrogens with one attached hydrogen (secondary N) is 1. The Morgan fingerprint density at radius 2 is 1.92 bits per heavy atom. The van der Waals surface area contributed by atoms with Crippen LogP contribution >= 0.6 is 0 Å². The van der Waals surface area contributed by atoms with Crippen LogP contribution in [0.15, 0.2) is 24.3 Å². The zero-order valence-corrected chi connectivity index (χ0v) is 15.9. The van der Waals surface area contributed by atoms with Crippen LogP contribution in [0.1, 0.15) is 51.2 Å². The van der Waals surface area contributed by atoms with Crippen molar-refractivity contribution in [2.45, 2.75) is 64.0 Å². The lowest BCUT2D eigenvalue weighted by molar-refractivity contribution is -0.121. The minimum absolute atomic E-state index is 0.0809. The number of sulfone groups is 1. The normalized spacial score (nSPS) is 25.9. The van der Waals surface area contributed by atoms with Gasteiger partial charge in [0.05, 0.1) is 5.75 Å². The van der Waals surface area contributed by atoms with Gasteiger partial charge in [0, 0.05) is 6.04 Å². The monoisotopic (exact) mass is 351 g/mol. The van der Waals surface area contributed by atoms with Crippen LogP contribution in [-0.4, -0.2) is 25.6 Å². The molecule has 0 unspecified atom stereocenters. The lowest BCUT2D eigenvalue weighted by atomic mass is 9.78. The smallest absolute Gasteiger partial charge is 0.238 e. The molecule has 1 amide bonds. The largest absolute Gasteiger partial charge is 0.352 e. The Bertz CT molecular complexity index is 684. The molecule has 0 radical (unpaired) electrons. The fourth-order valence-electron chi connectivity index (χ4n) is 3.36. The molecule has 1 aromatic carbocycles. The highest BCUT2D eigenvalue weighted by Crippen LogP contribution is 2.29. The number of hydrogen-bond donors (Lipinski definition) is 1. The Kier molecular flexibility index (Phi) is 6.07. The quantitative estimate of drug-likeness (QED) is 0.886. The van der Waals surface area contributed by atoms with Crippen LogP contribution in [0.25, 0.3) is 0 Å². The third-order valence-electron chi connectivity index (χ3n) is 5.56. The van der Waals surface area contributed by atoms with Crippen LogP contribution in [0.5, 0.6) is 0 Å². The van der Waals surface area contributed by atoms with Gasteiger partial charge in [0.2, 0.25) is 5.91 Å². The number of aryl methyl sites for hydroxylation is 1. The number of carbonyl (C=O) groups is 1. The maximum atomic E-state index is 12.6. The lowest BCUT2D eigenvalue weighted by Crippen LogP contribution is -2.48. The van der Waals surface area contributed by atoms with Gasteiger partial charge in [-0.2, -0.15) is 0 Å². The molecule has 1 N–H and O–H groups in total. The van der Waals surface area contributed by atoms with Crippen LogP contribution in [0.3, 0.4) is 0 Å². The maximum absolute atomic E-state index is 12.6. The summed E-state index contributed by atoms with van der Waals surface area (Å²) >= 11 is 0. The van der Waals surface area contributed by atoms with E-state index in [0.29, 0.717) is 11.8 Å². The van der Waals surface area contributed by atoms with Gasteiger partial charge in [-0.3, -0.25) is 4.79 Å². The molecule has 1 aromatic rings. The van der Waals surface area contributed by atoms with Crippen LogP contribution < -0.4 is 5.32 Å². The van der Waals surface area contributed by atoms with Crippen molar-refractivity contribution in [2.24, 2.45) is 11.8 Å². The van der Waals surface area contributed by atoms with Crippen molar-refractivity contribution in [2.75, 3.05) is 0 Å². The molecule has 134 valence electrons. The molecule has 1 aliphatic rings. The number of hydrogen-bond acceptors (Lipinski definition) is 3. The predicted octanol–water partition coefficient (Wildman–Crippen LogP) is 3.24. The minimum atomic E-state index is -3.53. The van der Waals surface area contributed by atoms with Crippen LogP contribution in [-0.2, 0) is 20.4 Å². The van der Waals surface area contributed by atoms with Gasteiger partial charge in [-0.05, 0) is 43.2 Å². The van der Waals surface area contributed by atoms with Crippen molar-refractivity contribution in [1.29, 1.82) is 0 Å². The van der Waals surface area contributed by atoms with Gasteiger partial charge in [-0.25, -0.2) is 8.42 Å². The molecule has 1 saturated carbocycles. The van der Waals surface area contributed by atoms with Gasteiger partial charge < -0.3 is 5.32 Å². The molecule has 1 fully saturated rings. The van der Waals surface area contributed by atoms with Gasteiger partial charge in [-0.15, -0.1) is 0 Å². The topological polar surface area (TPSA) is 63.2 Å². The van der Waals surface area contributed by atoms with E-state index in [2.05, 4.69) is 19.2 Å². The Morgan fingerprint density at radius 3 is 2.58 bits per heavy atom. The van der Waals surface area contributed by atoms with Gasteiger partial charge in [0.1, 0.15) is 5.25 Å².